The van der Waals surface area contributed by atoms with Gasteiger partial charge in [-0.15, -0.1) is 0 Å². The minimum atomic E-state index is -3.85. The van der Waals surface area contributed by atoms with E-state index in [4.69, 9.17) is 9.84 Å². The third-order valence-corrected chi connectivity index (χ3v) is 6.59. The van der Waals surface area contributed by atoms with Crippen molar-refractivity contribution in [3.63, 3.8) is 0 Å². The van der Waals surface area contributed by atoms with Crippen LogP contribution < -0.4 is 4.74 Å². The molecule has 0 saturated heterocycles. The van der Waals surface area contributed by atoms with Crippen LogP contribution in [0.5, 0.6) is 5.75 Å². The summed E-state index contributed by atoms with van der Waals surface area (Å²) in [6.07, 6.45) is 2.84. The predicted molar refractivity (Wildman–Crippen MR) is 92.4 cm³/mol. The molecule has 0 fully saturated rings. The first-order valence-electron chi connectivity index (χ1n) is 6.92. The summed E-state index contributed by atoms with van der Waals surface area (Å²) in [6, 6.07) is 1.30. The summed E-state index contributed by atoms with van der Waals surface area (Å²) in [6.45, 7) is 2.01. The van der Waals surface area contributed by atoms with Gasteiger partial charge >= 0.3 is 5.92 Å². The molecule has 0 bridgehead atoms. The van der Waals surface area contributed by atoms with Gasteiger partial charge in [0.1, 0.15) is 26.6 Å². The molecule has 0 atom stereocenters. The molecule has 6 nitrogen and oxygen atoms in total. The van der Waals surface area contributed by atoms with Gasteiger partial charge in [-0.1, -0.05) is 0 Å². The SMILES string of the molecule is CC(C)(C)S(=O)(=O)c1cn2c(I)cnc2cc1OCC(F)(F)CO. The molecule has 0 saturated carbocycles. The van der Waals surface area contributed by atoms with E-state index in [1.54, 1.807) is 0 Å². The van der Waals surface area contributed by atoms with Gasteiger partial charge in [0, 0.05) is 12.3 Å². The molecule has 0 spiro atoms. The Morgan fingerprint density at radius 3 is 2.54 bits per heavy atom. The maximum absolute atomic E-state index is 13.3. The molecule has 0 radical (unpaired) electrons. The Morgan fingerprint density at radius 1 is 1.38 bits per heavy atom. The second-order valence-electron chi connectivity index (χ2n) is 6.23. The van der Waals surface area contributed by atoms with Gasteiger partial charge < -0.3 is 9.84 Å². The summed E-state index contributed by atoms with van der Waals surface area (Å²) in [5.74, 6) is -3.69. The van der Waals surface area contributed by atoms with Gasteiger partial charge in [-0.25, -0.2) is 22.2 Å². The van der Waals surface area contributed by atoms with Gasteiger partial charge in [0.25, 0.3) is 0 Å². The normalized spacial score (nSPS) is 13.5. The van der Waals surface area contributed by atoms with Crippen LogP contribution in [-0.4, -0.2) is 46.8 Å². The monoisotopic (exact) mass is 474 g/mol. The number of rotatable bonds is 5. The molecule has 10 heteroatoms. The number of hydrogen-bond acceptors (Lipinski definition) is 5. The Kier molecular flexibility index (Phi) is 5.13. The van der Waals surface area contributed by atoms with Gasteiger partial charge in [0.2, 0.25) is 0 Å². The summed E-state index contributed by atoms with van der Waals surface area (Å²) in [4.78, 5) is 3.87. The number of fused-ring (bicyclic) bond motifs is 1. The molecule has 2 aromatic heterocycles. The van der Waals surface area contributed by atoms with Crippen LogP contribution in [-0.2, 0) is 9.84 Å². The van der Waals surface area contributed by atoms with Gasteiger partial charge in [0.05, 0.1) is 10.9 Å². The molecular weight excluding hydrogens is 457 g/mol. The van der Waals surface area contributed by atoms with Crippen LogP contribution >= 0.6 is 22.6 Å². The van der Waals surface area contributed by atoms with Crippen LogP contribution in [0.3, 0.4) is 0 Å². The Balaban J connectivity index is 2.62. The zero-order valence-electron chi connectivity index (χ0n) is 13.3. The van der Waals surface area contributed by atoms with E-state index in [9.17, 15) is 17.2 Å². The Bertz CT molecular complexity index is 860. The van der Waals surface area contributed by atoms with Crippen molar-refractivity contribution < 1.29 is 27.0 Å². The highest BCUT2D eigenvalue weighted by atomic mass is 127. The first kappa shape index (κ1) is 19.3. The quantitative estimate of drug-likeness (QED) is 0.674. The van der Waals surface area contributed by atoms with Crippen LogP contribution in [0.15, 0.2) is 23.4 Å². The number of sulfone groups is 1. The van der Waals surface area contributed by atoms with Crippen molar-refractivity contribution in [2.24, 2.45) is 0 Å². The van der Waals surface area contributed by atoms with E-state index < -0.39 is 33.7 Å². The summed E-state index contributed by atoms with van der Waals surface area (Å²) < 4.78 is 58.2. The third-order valence-electron chi connectivity index (χ3n) is 3.30. The highest BCUT2D eigenvalue weighted by molar-refractivity contribution is 14.1. The van der Waals surface area contributed by atoms with E-state index >= 15 is 0 Å². The minimum Gasteiger partial charge on any atom is -0.486 e. The highest BCUT2D eigenvalue weighted by Crippen LogP contribution is 2.34. The van der Waals surface area contributed by atoms with Crippen molar-refractivity contribution in [3.8, 4) is 5.75 Å². The molecule has 0 unspecified atom stereocenters. The number of hydrogen-bond donors (Lipinski definition) is 1. The number of aliphatic hydroxyl groups is 1. The summed E-state index contributed by atoms with van der Waals surface area (Å²) in [7, 11) is -3.85. The predicted octanol–water partition coefficient (Wildman–Crippen LogP) is 2.52. The average molecular weight is 474 g/mol. The van der Waals surface area contributed by atoms with Crippen molar-refractivity contribution in [1.82, 2.24) is 9.38 Å². The van der Waals surface area contributed by atoms with E-state index in [2.05, 4.69) is 4.98 Å². The number of imidazole rings is 1. The zero-order chi connectivity index (χ0) is 18.3. The molecule has 0 aliphatic heterocycles. The third kappa shape index (κ3) is 3.64. The molecule has 0 aromatic carbocycles. The van der Waals surface area contributed by atoms with E-state index in [-0.39, 0.29) is 10.6 Å². The van der Waals surface area contributed by atoms with Gasteiger partial charge in [-0.2, -0.15) is 0 Å². The maximum atomic E-state index is 13.3. The molecular formula is C14H17F2IN2O4S. The van der Waals surface area contributed by atoms with Crippen LogP contribution in [0.4, 0.5) is 8.78 Å². The smallest absolute Gasteiger partial charge is 0.303 e. The first-order chi connectivity index (χ1) is 10.9. The molecule has 0 aliphatic carbocycles. The van der Waals surface area contributed by atoms with Crippen LogP contribution in [0, 0.1) is 3.70 Å². The Labute approximate surface area is 151 Å². The topological polar surface area (TPSA) is 80.9 Å². The molecule has 0 aliphatic rings. The van der Waals surface area contributed by atoms with E-state index in [0.717, 1.165) is 0 Å². The lowest BCUT2D eigenvalue weighted by atomic mass is 10.3. The number of ether oxygens (including phenoxy) is 1. The molecule has 0 amide bonds. The molecule has 1 N–H and O–H groups in total. The van der Waals surface area contributed by atoms with E-state index in [0.29, 0.717) is 9.35 Å². The minimum absolute atomic E-state index is 0.202. The second kappa shape index (κ2) is 6.37. The molecule has 2 heterocycles. The fraction of sp³-hybridized carbons (Fsp3) is 0.500. The molecule has 2 rings (SSSR count). The number of alkyl halides is 2. The second-order valence-corrected chi connectivity index (χ2v) is 10.0. The summed E-state index contributed by atoms with van der Waals surface area (Å²) >= 11 is 1.98. The number of halogens is 3. The average Bonchev–Trinajstić information content (AvgIpc) is 2.84. The number of aliphatic hydroxyl groups excluding tert-OH is 1. The lowest BCUT2D eigenvalue weighted by molar-refractivity contribution is -0.0806. The zero-order valence-corrected chi connectivity index (χ0v) is 16.2. The van der Waals surface area contributed by atoms with Crippen LogP contribution in [0.2, 0.25) is 0 Å². The number of aromatic nitrogens is 2. The summed E-state index contributed by atoms with van der Waals surface area (Å²) in [5, 5.41) is 8.64. The Hall–Kier alpha value is -1.01. The molecule has 24 heavy (non-hydrogen) atoms. The van der Waals surface area contributed by atoms with Crippen molar-refractivity contribution >= 4 is 38.1 Å². The van der Waals surface area contributed by atoms with E-state index in [1.165, 1.54) is 43.6 Å². The largest absolute Gasteiger partial charge is 0.486 e. The fourth-order valence-electron chi connectivity index (χ4n) is 1.83. The number of pyridine rings is 1. The maximum Gasteiger partial charge on any atom is 0.303 e. The van der Waals surface area contributed by atoms with Crippen molar-refractivity contribution in [2.45, 2.75) is 36.3 Å². The standard InChI is InChI=1S/C14H17F2IN2O4S/c1-13(2,3)24(21,22)10-6-19-11(17)5-18-12(19)4-9(10)23-8-14(15,16)7-20/h4-6,20H,7-8H2,1-3H3. The van der Waals surface area contributed by atoms with Crippen molar-refractivity contribution in [2.75, 3.05) is 13.2 Å². The fourth-order valence-corrected chi connectivity index (χ4v) is 3.64. The summed E-state index contributed by atoms with van der Waals surface area (Å²) in [5.41, 5.74) is 0.370. The first-order valence-corrected chi connectivity index (χ1v) is 9.48. The van der Waals surface area contributed by atoms with Gasteiger partial charge in [0.15, 0.2) is 16.4 Å². The molecule has 134 valence electrons. The Morgan fingerprint density at radius 2 is 2.00 bits per heavy atom. The lowest BCUT2D eigenvalue weighted by Gasteiger charge is -2.22. The van der Waals surface area contributed by atoms with Gasteiger partial charge in [-0.3, -0.25) is 4.40 Å². The van der Waals surface area contributed by atoms with E-state index in [1.807, 2.05) is 22.6 Å². The van der Waals surface area contributed by atoms with Crippen molar-refractivity contribution in [3.05, 3.63) is 22.2 Å². The molecule has 2 aromatic rings. The van der Waals surface area contributed by atoms with Crippen LogP contribution in [0.1, 0.15) is 20.8 Å². The number of nitrogens with zero attached hydrogens (tertiary/aromatic N) is 2. The van der Waals surface area contributed by atoms with Crippen LogP contribution in [0.25, 0.3) is 5.65 Å². The lowest BCUT2D eigenvalue weighted by Crippen LogP contribution is -2.31. The highest BCUT2D eigenvalue weighted by Gasteiger charge is 2.36. The van der Waals surface area contributed by atoms with Gasteiger partial charge in [-0.05, 0) is 43.4 Å². The van der Waals surface area contributed by atoms with Crippen molar-refractivity contribution in [1.29, 1.82) is 0 Å².